The first-order valence-corrected chi connectivity index (χ1v) is 8.70. The van der Waals surface area contributed by atoms with Gasteiger partial charge in [0.05, 0.1) is 12.1 Å². The van der Waals surface area contributed by atoms with E-state index < -0.39 is 23.4 Å². The van der Waals surface area contributed by atoms with Gasteiger partial charge in [-0.2, -0.15) is 13.2 Å². The van der Waals surface area contributed by atoms with Crippen LogP contribution in [-0.4, -0.2) is 19.0 Å². The number of alkyl halides is 3. The molecule has 0 aromatic heterocycles. The number of rotatable bonds is 2. The molecule has 0 atom stereocenters. The van der Waals surface area contributed by atoms with E-state index in [1.807, 2.05) is 30.3 Å². The molecule has 3 aromatic carbocycles. The van der Waals surface area contributed by atoms with Crippen molar-refractivity contribution in [2.24, 2.45) is 4.99 Å². The summed E-state index contributed by atoms with van der Waals surface area (Å²) >= 11 is 0. The van der Waals surface area contributed by atoms with Gasteiger partial charge in [0.15, 0.2) is 0 Å². The van der Waals surface area contributed by atoms with Crippen LogP contribution >= 0.6 is 0 Å². The van der Waals surface area contributed by atoms with Gasteiger partial charge < -0.3 is 4.74 Å². The smallest absolute Gasteiger partial charge is 0.416 e. The normalized spacial score (nSPS) is 13.2. The van der Waals surface area contributed by atoms with Gasteiger partial charge in [0, 0.05) is 0 Å². The molecule has 7 heteroatoms. The zero-order valence-corrected chi connectivity index (χ0v) is 15.1. The van der Waals surface area contributed by atoms with Crippen LogP contribution in [0.2, 0.25) is 0 Å². The molecule has 0 radical (unpaired) electrons. The Morgan fingerprint density at radius 3 is 1.83 bits per heavy atom. The first-order valence-electron chi connectivity index (χ1n) is 8.70. The third kappa shape index (κ3) is 5.19. The molecular weight excluding hydrogens is 389 g/mol. The van der Waals surface area contributed by atoms with E-state index in [1.165, 1.54) is 30.3 Å². The first kappa shape index (κ1) is 20.5. The lowest BCUT2D eigenvalue weighted by atomic mass is 10.0. The van der Waals surface area contributed by atoms with Crippen LogP contribution in [0.3, 0.4) is 0 Å². The molecule has 0 fully saturated rings. The summed E-state index contributed by atoms with van der Waals surface area (Å²) in [7, 11) is 0. The summed E-state index contributed by atoms with van der Waals surface area (Å²) in [6.07, 6.45) is -4.27. The average Bonchev–Trinajstić information content (AvgIpc) is 3.23. The lowest BCUT2D eigenvalue weighted by Crippen LogP contribution is -2.07. The predicted molar refractivity (Wildman–Crippen MR) is 101 cm³/mol. The van der Waals surface area contributed by atoms with Crippen molar-refractivity contribution in [1.82, 2.24) is 0 Å². The quantitative estimate of drug-likeness (QED) is 0.471. The maximum Gasteiger partial charge on any atom is 0.416 e. The Morgan fingerprint density at radius 1 is 0.724 bits per heavy atom. The second-order valence-electron chi connectivity index (χ2n) is 6.07. The van der Waals surface area contributed by atoms with Crippen molar-refractivity contribution >= 4 is 5.90 Å². The molecule has 1 aliphatic heterocycles. The van der Waals surface area contributed by atoms with Crippen molar-refractivity contribution in [1.29, 1.82) is 0 Å². The predicted octanol–water partition coefficient (Wildman–Crippen LogP) is 6.11. The van der Waals surface area contributed by atoms with Gasteiger partial charge in [-0.05, 0) is 35.4 Å². The Hall–Kier alpha value is -3.22. The fourth-order valence-corrected chi connectivity index (χ4v) is 2.67. The topological polar surface area (TPSA) is 21.6 Å². The number of halogens is 5. The van der Waals surface area contributed by atoms with Crippen LogP contribution in [0.15, 0.2) is 77.8 Å². The molecule has 1 heterocycles. The molecule has 0 unspecified atom stereocenters. The van der Waals surface area contributed by atoms with Gasteiger partial charge in [0.2, 0.25) is 5.90 Å². The van der Waals surface area contributed by atoms with E-state index in [-0.39, 0.29) is 11.5 Å². The summed E-state index contributed by atoms with van der Waals surface area (Å²) in [5.41, 5.74) is 0.914. The highest BCUT2D eigenvalue weighted by atomic mass is 19.4. The van der Waals surface area contributed by atoms with E-state index in [0.29, 0.717) is 13.2 Å². The highest BCUT2D eigenvalue weighted by molar-refractivity contribution is 5.95. The van der Waals surface area contributed by atoms with Crippen LogP contribution in [0.25, 0.3) is 11.1 Å². The van der Waals surface area contributed by atoms with E-state index >= 15 is 0 Å². The van der Waals surface area contributed by atoms with Gasteiger partial charge in [-0.25, -0.2) is 13.8 Å². The van der Waals surface area contributed by atoms with E-state index in [1.54, 1.807) is 0 Å². The first-order chi connectivity index (χ1) is 13.9. The van der Waals surface area contributed by atoms with Crippen LogP contribution in [0.4, 0.5) is 22.0 Å². The van der Waals surface area contributed by atoms with Crippen LogP contribution in [0.5, 0.6) is 0 Å². The SMILES string of the molecule is FC(F)(F)c1ccc(-c2ccccc2)cc1.Fc1cccc(F)c1C1=NCCO1. The van der Waals surface area contributed by atoms with Gasteiger partial charge in [-0.1, -0.05) is 48.5 Å². The number of hydrogen-bond acceptors (Lipinski definition) is 2. The molecule has 0 bridgehead atoms. The Balaban J connectivity index is 0.000000169. The van der Waals surface area contributed by atoms with E-state index in [9.17, 15) is 22.0 Å². The number of aliphatic imine (C=N–C) groups is 1. The average molecular weight is 405 g/mol. The summed E-state index contributed by atoms with van der Waals surface area (Å²) in [6.45, 7) is 0.853. The molecule has 0 amide bonds. The minimum atomic E-state index is -4.27. The molecule has 0 aliphatic carbocycles. The van der Waals surface area contributed by atoms with Crippen LogP contribution in [0, 0.1) is 11.6 Å². The summed E-state index contributed by atoms with van der Waals surface area (Å²) in [6, 6.07) is 18.1. The van der Waals surface area contributed by atoms with Gasteiger partial charge in [-0.15, -0.1) is 0 Å². The third-order valence-electron chi connectivity index (χ3n) is 4.08. The van der Waals surface area contributed by atoms with Crippen LogP contribution in [0.1, 0.15) is 11.1 Å². The highest BCUT2D eigenvalue weighted by Gasteiger charge is 2.29. The van der Waals surface area contributed by atoms with Crippen molar-refractivity contribution in [3.05, 3.63) is 95.6 Å². The zero-order valence-electron chi connectivity index (χ0n) is 15.1. The fourth-order valence-electron chi connectivity index (χ4n) is 2.67. The highest BCUT2D eigenvalue weighted by Crippen LogP contribution is 2.30. The van der Waals surface area contributed by atoms with Crippen molar-refractivity contribution in [2.75, 3.05) is 13.2 Å². The van der Waals surface area contributed by atoms with Gasteiger partial charge in [0.25, 0.3) is 0 Å². The van der Waals surface area contributed by atoms with E-state index in [2.05, 4.69) is 4.99 Å². The van der Waals surface area contributed by atoms with Crippen LogP contribution < -0.4 is 0 Å². The number of benzene rings is 3. The monoisotopic (exact) mass is 405 g/mol. The lowest BCUT2D eigenvalue weighted by Gasteiger charge is -2.07. The van der Waals surface area contributed by atoms with Crippen molar-refractivity contribution < 1.29 is 26.7 Å². The number of nitrogens with zero attached hydrogens (tertiary/aromatic N) is 1. The number of ether oxygens (including phenoxy) is 1. The largest absolute Gasteiger partial charge is 0.475 e. The van der Waals surface area contributed by atoms with Gasteiger partial charge in [-0.3, -0.25) is 0 Å². The van der Waals surface area contributed by atoms with Gasteiger partial charge in [0.1, 0.15) is 23.8 Å². The molecule has 0 N–H and O–H groups in total. The summed E-state index contributed by atoms with van der Waals surface area (Å²) in [4.78, 5) is 3.84. The minimum Gasteiger partial charge on any atom is -0.475 e. The van der Waals surface area contributed by atoms with E-state index in [4.69, 9.17) is 4.74 Å². The Bertz CT molecular complexity index is 962. The Morgan fingerprint density at radius 2 is 1.31 bits per heavy atom. The molecule has 0 spiro atoms. The molecule has 150 valence electrons. The Labute approximate surface area is 164 Å². The second kappa shape index (κ2) is 8.86. The standard InChI is InChI=1S/C13H9F3.C9H7F2NO/c14-13(15,16)12-8-6-11(7-9-12)10-4-2-1-3-5-10;10-6-2-1-3-7(11)8(6)9-12-4-5-13-9/h1-9H;1-3H,4-5H2. The lowest BCUT2D eigenvalue weighted by molar-refractivity contribution is -0.137. The summed E-state index contributed by atoms with van der Waals surface area (Å²) in [5.74, 6) is -1.21. The molecule has 29 heavy (non-hydrogen) atoms. The Kier molecular flexibility index (Phi) is 6.26. The molecule has 4 rings (SSSR count). The number of hydrogen-bond donors (Lipinski definition) is 0. The summed E-state index contributed by atoms with van der Waals surface area (Å²) < 4.78 is 68.1. The molecule has 0 saturated carbocycles. The molecular formula is C22H16F5NO. The van der Waals surface area contributed by atoms with E-state index in [0.717, 1.165) is 23.3 Å². The zero-order chi connectivity index (χ0) is 20.9. The van der Waals surface area contributed by atoms with Gasteiger partial charge >= 0.3 is 6.18 Å². The maximum atomic E-state index is 13.1. The molecule has 2 nitrogen and oxygen atoms in total. The molecule has 1 aliphatic rings. The molecule has 0 saturated heterocycles. The van der Waals surface area contributed by atoms with Crippen molar-refractivity contribution in [3.8, 4) is 11.1 Å². The van der Waals surface area contributed by atoms with Crippen molar-refractivity contribution in [3.63, 3.8) is 0 Å². The third-order valence-corrected chi connectivity index (χ3v) is 4.08. The minimum absolute atomic E-state index is 0.0654. The maximum absolute atomic E-state index is 13.1. The van der Waals surface area contributed by atoms with Crippen LogP contribution in [-0.2, 0) is 10.9 Å². The molecule has 3 aromatic rings. The van der Waals surface area contributed by atoms with Crippen molar-refractivity contribution in [2.45, 2.75) is 6.18 Å². The summed E-state index contributed by atoms with van der Waals surface area (Å²) in [5, 5.41) is 0. The second-order valence-corrected chi connectivity index (χ2v) is 6.07. The fraction of sp³-hybridized carbons (Fsp3) is 0.136.